The monoisotopic (exact) mass is 352 g/mol. The number of nitrogens with one attached hydrogen (secondary N) is 1. The Kier molecular flexibility index (Phi) is 4.81. The predicted octanol–water partition coefficient (Wildman–Crippen LogP) is 4.41. The Hall–Kier alpha value is -2.17. The fraction of sp³-hybridized carbons (Fsp3) is 0.300. The van der Waals surface area contributed by atoms with E-state index in [0.717, 1.165) is 41.4 Å². The van der Waals surface area contributed by atoms with Gasteiger partial charge in [-0.25, -0.2) is 0 Å². The predicted molar refractivity (Wildman–Crippen MR) is 102 cm³/mol. The van der Waals surface area contributed by atoms with E-state index in [1.54, 1.807) is 0 Å². The van der Waals surface area contributed by atoms with Gasteiger partial charge >= 0.3 is 0 Å². The van der Waals surface area contributed by atoms with Gasteiger partial charge < -0.3 is 5.32 Å². The molecule has 0 saturated carbocycles. The molecule has 128 valence electrons. The molecule has 0 amide bonds. The second-order valence-corrected chi connectivity index (χ2v) is 6.93. The number of benzene rings is 2. The molecule has 1 unspecified atom stereocenters. The van der Waals surface area contributed by atoms with Gasteiger partial charge in [0, 0.05) is 16.6 Å². The first-order valence-corrected chi connectivity index (χ1v) is 9.16. The van der Waals surface area contributed by atoms with Crippen LogP contribution >= 0.6 is 11.6 Å². The third-order valence-electron chi connectivity index (χ3n) is 4.73. The Balaban J connectivity index is 1.44. The Morgan fingerprint density at radius 3 is 2.36 bits per heavy atom. The summed E-state index contributed by atoms with van der Waals surface area (Å²) in [6.45, 7) is 2.00. The number of hydrogen-bond donors (Lipinski definition) is 1. The van der Waals surface area contributed by atoms with Crippen LogP contribution < -0.4 is 5.32 Å². The summed E-state index contributed by atoms with van der Waals surface area (Å²) in [7, 11) is 0. The molecule has 0 aliphatic carbocycles. The largest absolute Gasteiger partial charge is 0.314 e. The molecule has 25 heavy (non-hydrogen) atoms. The molecule has 2 heterocycles. The zero-order valence-corrected chi connectivity index (χ0v) is 14.8. The summed E-state index contributed by atoms with van der Waals surface area (Å²) >= 11 is 5.95. The van der Waals surface area contributed by atoms with Gasteiger partial charge in [0.25, 0.3) is 0 Å². The van der Waals surface area contributed by atoms with Gasteiger partial charge in [0.2, 0.25) is 0 Å². The quantitative estimate of drug-likeness (QED) is 0.739. The maximum absolute atomic E-state index is 5.95. The molecule has 4 nitrogen and oxygen atoms in total. The summed E-state index contributed by atoms with van der Waals surface area (Å²) < 4.78 is 0. The van der Waals surface area contributed by atoms with Gasteiger partial charge in [-0.1, -0.05) is 48.0 Å². The molecule has 0 bridgehead atoms. The lowest BCUT2D eigenvalue weighted by Crippen LogP contribution is -2.23. The molecule has 1 aliphatic heterocycles. The highest BCUT2D eigenvalue weighted by atomic mass is 35.5. The number of hydrogen-bond acceptors (Lipinski definition) is 3. The first-order valence-electron chi connectivity index (χ1n) is 8.78. The number of aromatic nitrogens is 3. The van der Waals surface area contributed by atoms with E-state index in [2.05, 4.69) is 39.8 Å². The maximum Gasteiger partial charge on any atom is 0.113 e. The minimum atomic E-state index is 0.619. The number of rotatable bonds is 5. The van der Waals surface area contributed by atoms with Crippen LogP contribution in [0.1, 0.15) is 19.3 Å². The fourth-order valence-electron chi connectivity index (χ4n) is 3.29. The molecule has 2 aromatic carbocycles. The normalized spacial score (nSPS) is 17.1. The molecule has 1 fully saturated rings. The fourth-order valence-corrected chi connectivity index (χ4v) is 3.41. The van der Waals surface area contributed by atoms with E-state index in [0.29, 0.717) is 6.04 Å². The summed E-state index contributed by atoms with van der Waals surface area (Å²) in [6, 6.07) is 16.9. The van der Waals surface area contributed by atoms with Crippen molar-refractivity contribution in [1.82, 2.24) is 20.3 Å². The van der Waals surface area contributed by atoms with Crippen molar-refractivity contribution < 1.29 is 0 Å². The summed E-state index contributed by atoms with van der Waals surface area (Å²) in [6.07, 6.45) is 5.48. The Morgan fingerprint density at radius 2 is 1.68 bits per heavy atom. The Morgan fingerprint density at radius 1 is 1.00 bits per heavy atom. The van der Waals surface area contributed by atoms with Crippen molar-refractivity contribution in [1.29, 1.82) is 0 Å². The highest BCUT2D eigenvalue weighted by molar-refractivity contribution is 6.30. The zero-order chi connectivity index (χ0) is 17.1. The molecule has 1 atom stereocenters. The van der Waals surface area contributed by atoms with Gasteiger partial charge in [-0.2, -0.15) is 15.0 Å². The second kappa shape index (κ2) is 7.38. The minimum absolute atomic E-state index is 0.619. The van der Waals surface area contributed by atoms with E-state index in [4.69, 9.17) is 11.6 Å². The molecule has 1 aromatic heterocycles. The van der Waals surface area contributed by atoms with Gasteiger partial charge in [-0.05, 0) is 49.1 Å². The van der Waals surface area contributed by atoms with Crippen LogP contribution in [0.3, 0.4) is 0 Å². The van der Waals surface area contributed by atoms with Crippen LogP contribution in [0.4, 0.5) is 0 Å². The van der Waals surface area contributed by atoms with E-state index in [1.807, 2.05) is 35.3 Å². The van der Waals surface area contributed by atoms with Gasteiger partial charge in [-0.3, -0.25) is 0 Å². The van der Waals surface area contributed by atoms with E-state index in [1.165, 1.54) is 18.4 Å². The van der Waals surface area contributed by atoms with E-state index in [-0.39, 0.29) is 0 Å². The average Bonchev–Trinajstić information content (AvgIpc) is 3.33. The van der Waals surface area contributed by atoms with Crippen molar-refractivity contribution >= 4 is 11.6 Å². The van der Waals surface area contributed by atoms with E-state index >= 15 is 0 Å². The van der Waals surface area contributed by atoms with Crippen LogP contribution in [-0.4, -0.2) is 27.6 Å². The van der Waals surface area contributed by atoms with Gasteiger partial charge in [0.05, 0.1) is 12.7 Å². The van der Waals surface area contributed by atoms with Gasteiger partial charge in [-0.15, -0.1) is 0 Å². The third-order valence-corrected chi connectivity index (χ3v) is 4.99. The lowest BCUT2D eigenvalue weighted by atomic mass is 10.0. The lowest BCUT2D eigenvalue weighted by molar-refractivity contribution is 0.448. The molecule has 3 aromatic rings. The molecule has 1 saturated heterocycles. The molecule has 1 N–H and O–H groups in total. The van der Waals surface area contributed by atoms with Gasteiger partial charge in [0.1, 0.15) is 5.69 Å². The first-order chi connectivity index (χ1) is 12.3. The van der Waals surface area contributed by atoms with E-state index in [9.17, 15) is 0 Å². The van der Waals surface area contributed by atoms with E-state index < -0.39 is 0 Å². The topological polar surface area (TPSA) is 42.7 Å². The Labute approximate surface area is 152 Å². The standard InChI is InChI=1S/C20H21ClN4/c21-18-9-7-16(8-10-18)15-3-5-17(6-4-15)20-14-23-25(24-20)13-11-19-2-1-12-22-19/h3-10,14,19,22H,1-2,11-13H2. The van der Waals surface area contributed by atoms with Crippen molar-refractivity contribution in [3.63, 3.8) is 0 Å². The number of aryl methyl sites for hydroxylation is 1. The second-order valence-electron chi connectivity index (χ2n) is 6.49. The van der Waals surface area contributed by atoms with Crippen LogP contribution in [0.2, 0.25) is 5.02 Å². The summed E-state index contributed by atoms with van der Waals surface area (Å²) in [4.78, 5) is 1.81. The van der Waals surface area contributed by atoms with Crippen LogP contribution in [0, 0.1) is 0 Å². The van der Waals surface area contributed by atoms with Crippen LogP contribution in [-0.2, 0) is 6.54 Å². The summed E-state index contributed by atoms with van der Waals surface area (Å²) in [5.41, 5.74) is 4.33. The average molecular weight is 353 g/mol. The Bertz CT molecular complexity index is 818. The molecule has 0 radical (unpaired) electrons. The maximum atomic E-state index is 5.95. The van der Waals surface area contributed by atoms with Crippen molar-refractivity contribution in [3.05, 3.63) is 59.8 Å². The smallest absolute Gasteiger partial charge is 0.113 e. The first kappa shape index (κ1) is 16.3. The highest BCUT2D eigenvalue weighted by Gasteiger charge is 2.14. The molecular weight excluding hydrogens is 332 g/mol. The summed E-state index contributed by atoms with van der Waals surface area (Å²) in [5, 5.41) is 13.3. The van der Waals surface area contributed by atoms with Crippen LogP contribution in [0.25, 0.3) is 22.4 Å². The molecular formula is C20H21ClN4. The van der Waals surface area contributed by atoms with Crippen molar-refractivity contribution in [3.8, 4) is 22.4 Å². The zero-order valence-electron chi connectivity index (χ0n) is 14.0. The van der Waals surface area contributed by atoms with Crippen LogP contribution in [0.15, 0.2) is 54.7 Å². The lowest BCUT2D eigenvalue weighted by Gasteiger charge is -2.08. The minimum Gasteiger partial charge on any atom is -0.314 e. The molecule has 1 aliphatic rings. The van der Waals surface area contributed by atoms with Crippen molar-refractivity contribution in [2.75, 3.05) is 6.54 Å². The van der Waals surface area contributed by atoms with Crippen molar-refractivity contribution in [2.45, 2.75) is 31.8 Å². The van der Waals surface area contributed by atoms with Crippen LogP contribution in [0.5, 0.6) is 0 Å². The number of halogens is 1. The third kappa shape index (κ3) is 3.91. The molecule has 4 rings (SSSR count). The van der Waals surface area contributed by atoms with Crippen molar-refractivity contribution in [2.24, 2.45) is 0 Å². The SMILES string of the molecule is Clc1ccc(-c2ccc(-c3cnn(CCC4CCCN4)n3)cc2)cc1. The molecule has 5 heteroatoms. The highest BCUT2D eigenvalue weighted by Crippen LogP contribution is 2.24. The summed E-state index contributed by atoms with van der Waals surface area (Å²) in [5.74, 6) is 0. The number of nitrogens with zero attached hydrogens (tertiary/aromatic N) is 3. The molecule has 0 spiro atoms. The van der Waals surface area contributed by atoms with Gasteiger partial charge in [0.15, 0.2) is 0 Å².